The molecule has 0 fully saturated rings. The Labute approximate surface area is 547 Å². The number of benzene rings is 15. The third kappa shape index (κ3) is 10.4. The molecule has 0 aliphatic heterocycles. The Bertz CT molecular complexity index is 5000. The van der Waals surface area contributed by atoms with Crippen molar-refractivity contribution in [3.05, 3.63) is 376 Å². The second-order valence-electron chi connectivity index (χ2n) is 24.1. The minimum absolute atomic E-state index is 1.06. The van der Waals surface area contributed by atoms with Gasteiger partial charge in [-0.15, -0.1) is 0 Å². The van der Waals surface area contributed by atoms with Gasteiger partial charge in [-0.05, 0) is 187 Å². The summed E-state index contributed by atoms with van der Waals surface area (Å²) < 4.78 is 4.95. The number of aromatic nitrogens is 2. The van der Waals surface area contributed by atoms with Gasteiger partial charge in [-0.2, -0.15) is 0 Å². The molecule has 0 amide bonds. The van der Waals surface area contributed by atoms with E-state index in [0.29, 0.717) is 0 Å². The van der Waals surface area contributed by atoms with E-state index in [0.717, 1.165) is 78.7 Å². The van der Waals surface area contributed by atoms with Crippen molar-refractivity contribution in [3.63, 3.8) is 0 Å². The highest BCUT2D eigenvalue weighted by molar-refractivity contribution is 6.07. The van der Waals surface area contributed by atoms with Crippen LogP contribution in [0.25, 0.3) is 122 Å². The predicted octanol–water partition coefficient (Wildman–Crippen LogP) is 24.8. The van der Waals surface area contributed by atoms with Crippen molar-refractivity contribution in [2.24, 2.45) is 0 Å². The SMILES string of the molecule is c1ccc(-c2ccc(N(c3ccc(-c4ccccc4)cc3)c3ccc(-n4c(-c5cccc6ccccc56)cc5cc6c(cc(-c7cccc8ccccc78)n6-c6ccc(N(c7ccc(-c8ccccc8)cc7)c7ccc(-c8ccccc8)cc7)cc6)cc54)cc3)cc2)cc1. The van der Waals surface area contributed by atoms with Crippen molar-refractivity contribution >= 4 is 77.5 Å². The highest BCUT2D eigenvalue weighted by Crippen LogP contribution is 2.45. The molecule has 0 aliphatic rings. The largest absolute Gasteiger partial charge is 0.311 e. The molecule has 0 aliphatic carbocycles. The zero-order valence-electron chi connectivity index (χ0n) is 51.6. The first kappa shape index (κ1) is 55.6. The van der Waals surface area contributed by atoms with Crippen LogP contribution < -0.4 is 9.80 Å². The Balaban J connectivity index is 0.815. The molecule has 0 radical (unpaired) electrons. The lowest BCUT2D eigenvalue weighted by Gasteiger charge is -2.26. The molecule has 4 heteroatoms. The minimum atomic E-state index is 1.06. The van der Waals surface area contributed by atoms with Crippen LogP contribution in [0.15, 0.2) is 376 Å². The van der Waals surface area contributed by atoms with Gasteiger partial charge in [-0.3, -0.25) is 0 Å². The lowest BCUT2D eigenvalue weighted by molar-refractivity contribution is 1.13. The van der Waals surface area contributed by atoms with E-state index in [1.165, 1.54) is 77.2 Å². The van der Waals surface area contributed by atoms with Crippen molar-refractivity contribution in [3.8, 4) is 78.4 Å². The van der Waals surface area contributed by atoms with Crippen molar-refractivity contribution in [1.29, 1.82) is 0 Å². The molecule has 94 heavy (non-hydrogen) atoms. The van der Waals surface area contributed by atoms with Gasteiger partial charge in [0, 0.05) is 67.4 Å². The second kappa shape index (κ2) is 24.0. The van der Waals surface area contributed by atoms with E-state index in [9.17, 15) is 0 Å². The highest BCUT2D eigenvalue weighted by atomic mass is 15.1. The number of hydrogen-bond donors (Lipinski definition) is 0. The monoisotopic (exact) mass is 1200 g/mol. The summed E-state index contributed by atoms with van der Waals surface area (Å²) in [5, 5.41) is 7.09. The fourth-order valence-corrected chi connectivity index (χ4v) is 13.9. The maximum atomic E-state index is 2.48. The molecule has 0 unspecified atom stereocenters. The first-order chi connectivity index (χ1) is 46.6. The van der Waals surface area contributed by atoms with Crippen LogP contribution in [-0.2, 0) is 0 Å². The van der Waals surface area contributed by atoms with E-state index in [1.807, 2.05) is 0 Å². The van der Waals surface area contributed by atoms with E-state index in [-0.39, 0.29) is 0 Å². The molecule has 2 aromatic heterocycles. The molecule has 0 saturated heterocycles. The van der Waals surface area contributed by atoms with Crippen molar-refractivity contribution in [2.45, 2.75) is 0 Å². The first-order valence-electron chi connectivity index (χ1n) is 32.2. The molecule has 2 heterocycles. The molecule has 17 aromatic rings. The van der Waals surface area contributed by atoms with Crippen LogP contribution >= 0.6 is 0 Å². The molecule has 0 spiro atoms. The van der Waals surface area contributed by atoms with E-state index in [2.05, 4.69) is 395 Å². The Kier molecular flexibility index (Phi) is 14.2. The van der Waals surface area contributed by atoms with Gasteiger partial charge in [0.05, 0.1) is 22.4 Å². The van der Waals surface area contributed by atoms with Crippen molar-refractivity contribution < 1.29 is 0 Å². The quantitative estimate of drug-likeness (QED) is 0.108. The Morgan fingerprint density at radius 2 is 0.426 bits per heavy atom. The summed E-state index contributed by atoms with van der Waals surface area (Å²) in [6.07, 6.45) is 0. The molecule has 0 saturated carbocycles. The van der Waals surface area contributed by atoms with Gasteiger partial charge in [-0.1, -0.05) is 255 Å². The van der Waals surface area contributed by atoms with Crippen LogP contribution in [0.5, 0.6) is 0 Å². The van der Waals surface area contributed by atoms with Gasteiger partial charge < -0.3 is 18.9 Å². The van der Waals surface area contributed by atoms with Crippen LogP contribution in [0.4, 0.5) is 34.1 Å². The molecular formula is C90H62N4. The number of rotatable bonds is 14. The van der Waals surface area contributed by atoms with E-state index >= 15 is 0 Å². The third-order valence-electron chi connectivity index (χ3n) is 18.5. The number of fused-ring (bicyclic) bond motifs is 4. The summed E-state index contributed by atoms with van der Waals surface area (Å²) in [6, 6.07) is 137. The first-order valence-corrected chi connectivity index (χ1v) is 32.2. The average molecular weight is 1200 g/mol. The van der Waals surface area contributed by atoms with Crippen LogP contribution in [0, 0.1) is 0 Å². The maximum Gasteiger partial charge on any atom is 0.0547 e. The van der Waals surface area contributed by atoms with E-state index in [4.69, 9.17) is 0 Å². The van der Waals surface area contributed by atoms with Gasteiger partial charge >= 0.3 is 0 Å². The molecule has 442 valence electrons. The molecule has 0 atom stereocenters. The van der Waals surface area contributed by atoms with Gasteiger partial charge in [0.2, 0.25) is 0 Å². The lowest BCUT2D eigenvalue weighted by atomic mass is 10.0. The average Bonchev–Trinajstić information content (AvgIpc) is 1.56. The summed E-state index contributed by atoms with van der Waals surface area (Å²) in [5.41, 5.74) is 24.9. The van der Waals surface area contributed by atoms with Crippen molar-refractivity contribution in [2.75, 3.05) is 9.80 Å². The molecule has 15 aromatic carbocycles. The van der Waals surface area contributed by atoms with Crippen LogP contribution in [0.3, 0.4) is 0 Å². The fraction of sp³-hybridized carbons (Fsp3) is 0. The molecule has 0 bridgehead atoms. The predicted molar refractivity (Wildman–Crippen MR) is 397 cm³/mol. The van der Waals surface area contributed by atoms with Gasteiger partial charge in [0.15, 0.2) is 0 Å². The maximum absolute atomic E-state index is 2.48. The molecule has 4 nitrogen and oxygen atoms in total. The highest BCUT2D eigenvalue weighted by Gasteiger charge is 2.23. The van der Waals surface area contributed by atoms with Gasteiger partial charge in [0.25, 0.3) is 0 Å². The van der Waals surface area contributed by atoms with Gasteiger partial charge in [-0.25, -0.2) is 0 Å². The lowest BCUT2D eigenvalue weighted by Crippen LogP contribution is -2.10. The summed E-state index contributed by atoms with van der Waals surface area (Å²) >= 11 is 0. The molecule has 0 N–H and O–H groups in total. The summed E-state index contributed by atoms with van der Waals surface area (Å²) in [7, 11) is 0. The number of hydrogen-bond acceptors (Lipinski definition) is 2. The standard InChI is InChI=1S/C90H62N4/c1-5-19-63(20-6-1)67-35-43-75(44-36-67)91(76-45-37-68(38-46-76)64-21-7-2-8-22-64)79-51-55-81(56-52-79)93-87-59-74-62-90(86-34-18-30-72-28-14-16-32-84(72)86)94(88(74)60-73(87)61-89(93)85-33-17-29-71-27-13-15-31-83(71)85)82-57-53-80(54-58-82)92(77-47-39-69(40-48-77)65-23-9-3-10-24-65)78-49-41-70(42-50-78)66-25-11-4-12-26-66/h1-62H. The van der Waals surface area contributed by atoms with E-state index in [1.54, 1.807) is 0 Å². The van der Waals surface area contributed by atoms with Crippen molar-refractivity contribution in [1.82, 2.24) is 9.13 Å². The zero-order chi connectivity index (χ0) is 62.3. The number of nitrogens with zero attached hydrogens (tertiary/aromatic N) is 4. The topological polar surface area (TPSA) is 16.3 Å². The zero-order valence-corrected chi connectivity index (χ0v) is 51.6. The summed E-state index contributed by atoms with van der Waals surface area (Å²) in [6.45, 7) is 0. The minimum Gasteiger partial charge on any atom is -0.311 e. The summed E-state index contributed by atoms with van der Waals surface area (Å²) in [4.78, 5) is 4.73. The second-order valence-corrected chi connectivity index (χ2v) is 24.1. The summed E-state index contributed by atoms with van der Waals surface area (Å²) in [5.74, 6) is 0. The Hall–Kier alpha value is -12.5. The normalized spacial score (nSPS) is 11.4. The third-order valence-corrected chi connectivity index (χ3v) is 18.5. The Morgan fingerprint density at radius 3 is 0.723 bits per heavy atom. The Morgan fingerprint density at radius 1 is 0.181 bits per heavy atom. The van der Waals surface area contributed by atoms with Crippen LogP contribution in [0.2, 0.25) is 0 Å². The van der Waals surface area contributed by atoms with E-state index < -0.39 is 0 Å². The molecule has 17 rings (SSSR count). The van der Waals surface area contributed by atoms with Gasteiger partial charge in [0.1, 0.15) is 0 Å². The number of anilines is 6. The van der Waals surface area contributed by atoms with Crippen LogP contribution in [0.1, 0.15) is 0 Å². The fourth-order valence-electron chi connectivity index (χ4n) is 13.9. The molecular weight excluding hydrogens is 1140 g/mol. The van der Waals surface area contributed by atoms with Crippen LogP contribution in [-0.4, -0.2) is 9.13 Å². The smallest absolute Gasteiger partial charge is 0.0547 e.